The van der Waals surface area contributed by atoms with Crippen LogP contribution in [0.5, 0.6) is 0 Å². The zero-order valence-corrected chi connectivity index (χ0v) is 12.9. The van der Waals surface area contributed by atoms with E-state index < -0.39 is 5.54 Å². The van der Waals surface area contributed by atoms with E-state index in [1.165, 1.54) is 0 Å². The Morgan fingerprint density at radius 2 is 1.90 bits per heavy atom. The molecule has 0 saturated carbocycles. The molecular formula is C17H24N2O2. The molecule has 1 aromatic rings. The Balaban J connectivity index is 1.99. The van der Waals surface area contributed by atoms with Crippen molar-refractivity contribution in [3.8, 4) is 0 Å². The first-order valence-electron chi connectivity index (χ1n) is 7.58. The number of rotatable bonds is 5. The van der Waals surface area contributed by atoms with E-state index >= 15 is 0 Å². The number of benzene rings is 1. The van der Waals surface area contributed by atoms with Crippen molar-refractivity contribution < 1.29 is 9.59 Å². The lowest BCUT2D eigenvalue weighted by molar-refractivity contribution is -0.131. The molecule has 0 aromatic heterocycles. The van der Waals surface area contributed by atoms with Gasteiger partial charge < -0.3 is 5.73 Å². The third-order valence-electron chi connectivity index (χ3n) is 4.55. The van der Waals surface area contributed by atoms with Gasteiger partial charge in [0.2, 0.25) is 5.91 Å². The molecule has 2 rings (SSSR count). The third-order valence-corrected chi connectivity index (χ3v) is 4.55. The second-order valence-electron chi connectivity index (χ2n) is 6.12. The highest BCUT2D eigenvalue weighted by Crippen LogP contribution is 2.27. The van der Waals surface area contributed by atoms with Crippen molar-refractivity contribution in [1.82, 2.24) is 4.90 Å². The maximum Gasteiger partial charge on any atom is 0.237 e. The van der Waals surface area contributed by atoms with Crippen LogP contribution < -0.4 is 5.73 Å². The predicted octanol–water partition coefficient (Wildman–Crippen LogP) is 2.30. The van der Waals surface area contributed by atoms with Gasteiger partial charge in [0.05, 0.1) is 5.54 Å². The molecule has 4 heteroatoms. The van der Waals surface area contributed by atoms with E-state index in [0.29, 0.717) is 13.0 Å². The van der Waals surface area contributed by atoms with Crippen molar-refractivity contribution in [3.05, 3.63) is 35.4 Å². The lowest BCUT2D eigenvalue weighted by Gasteiger charge is -2.42. The molecule has 1 saturated heterocycles. The van der Waals surface area contributed by atoms with Gasteiger partial charge in [-0.1, -0.05) is 29.8 Å². The van der Waals surface area contributed by atoms with Crippen LogP contribution in [0.2, 0.25) is 0 Å². The van der Waals surface area contributed by atoms with Crippen LogP contribution in [-0.4, -0.2) is 35.2 Å². The van der Waals surface area contributed by atoms with E-state index in [4.69, 9.17) is 5.73 Å². The first kappa shape index (κ1) is 15.7. The second kappa shape index (κ2) is 6.39. The number of nitrogens with two attached hydrogens (primary N) is 1. The lowest BCUT2D eigenvalue weighted by atomic mass is 9.87. The first-order valence-corrected chi connectivity index (χ1v) is 7.58. The highest BCUT2D eigenvalue weighted by Gasteiger charge is 2.39. The average molecular weight is 288 g/mol. The van der Waals surface area contributed by atoms with E-state index in [1.807, 2.05) is 38.1 Å². The number of ketones is 1. The Bertz CT molecular complexity index is 524. The number of piperidine rings is 1. The summed E-state index contributed by atoms with van der Waals surface area (Å²) in [5, 5.41) is 0. The Labute approximate surface area is 126 Å². The van der Waals surface area contributed by atoms with Gasteiger partial charge in [0.15, 0.2) is 5.78 Å². The molecule has 1 atom stereocenters. The van der Waals surface area contributed by atoms with Crippen molar-refractivity contribution in [3.63, 3.8) is 0 Å². The molecule has 114 valence electrons. The van der Waals surface area contributed by atoms with Gasteiger partial charge in [-0.05, 0) is 39.7 Å². The SMILES string of the molecule is Cc1ccc(C(=O)CCN2CCCCC2(C)C(N)=O)cc1. The standard InChI is InChI=1S/C17H24N2O2/c1-13-5-7-14(8-6-13)15(20)9-12-19-11-4-3-10-17(19,2)16(18)21/h5-8H,3-4,9-12H2,1-2H3,(H2,18,21). The first-order chi connectivity index (χ1) is 9.93. The zero-order chi connectivity index (χ0) is 15.5. The summed E-state index contributed by atoms with van der Waals surface area (Å²) in [6.07, 6.45) is 3.27. The van der Waals surface area contributed by atoms with E-state index in [0.717, 1.165) is 36.9 Å². The summed E-state index contributed by atoms with van der Waals surface area (Å²) in [7, 11) is 0. The average Bonchev–Trinajstić information content (AvgIpc) is 2.46. The van der Waals surface area contributed by atoms with Gasteiger partial charge in [-0.2, -0.15) is 0 Å². The van der Waals surface area contributed by atoms with Crippen molar-refractivity contribution in [2.75, 3.05) is 13.1 Å². The maximum atomic E-state index is 12.2. The van der Waals surface area contributed by atoms with Gasteiger partial charge in [0, 0.05) is 18.5 Å². The summed E-state index contributed by atoms with van der Waals surface area (Å²) >= 11 is 0. The highest BCUT2D eigenvalue weighted by atomic mass is 16.1. The van der Waals surface area contributed by atoms with E-state index in [9.17, 15) is 9.59 Å². The van der Waals surface area contributed by atoms with Gasteiger partial charge in [0.1, 0.15) is 0 Å². The number of nitrogens with zero attached hydrogens (tertiary/aromatic N) is 1. The number of carbonyl (C=O) groups excluding carboxylic acids is 2. The third kappa shape index (κ3) is 3.50. The minimum Gasteiger partial charge on any atom is -0.368 e. The number of hydrogen-bond acceptors (Lipinski definition) is 3. The fourth-order valence-corrected chi connectivity index (χ4v) is 2.93. The molecule has 0 aliphatic carbocycles. The normalized spacial score (nSPS) is 23.0. The number of Topliss-reactive ketones (excluding diaryl/α,β-unsaturated/α-hetero) is 1. The number of aryl methyl sites for hydroxylation is 1. The van der Waals surface area contributed by atoms with Crippen molar-refractivity contribution >= 4 is 11.7 Å². The Kier molecular flexibility index (Phi) is 4.78. The van der Waals surface area contributed by atoms with Crippen LogP contribution in [0.15, 0.2) is 24.3 Å². The van der Waals surface area contributed by atoms with Crippen molar-refractivity contribution in [2.24, 2.45) is 5.73 Å². The number of amides is 1. The molecule has 0 radical (unpaired) electrons. The molecule has 1 amide bonds. The van der Waals surface area contributed by atoms with Crippen LogP contribution in [0.1, 0.15) is 48.5 Å². The van der Waals surface area contributed by atoms with Crippen molar-refractivity contribution in [1.29, 1.82) is 0 Å². The van der Waals surface area contributed by atoms with Crippen LogP contribution in [0, 0.1) is 6.92 Å². The molecule has 1 fully saturated rings. The minimum atomic E-state index is -0.605. The molecule has 0 bridgehead atoms. The fourth-order valence-electron chi connectivity index (χ4n) is 2.93. The van der Waals surface area contributed by atoms with Gasteiger partial charge in [-0.25, -0.2) is 0 Å². The molecule has 1 aliphatic heterocycles. The Morgan fingerprint density at radius 3 is 2.52 bits per heavy atom. The van der Waals surface area contributed by atoms with Crippen LogP contribution in [0.3, 0.4) is 0 Å². The van der Waals surface area contributed by atoms with Crippen molar-refractivity contribution in [2.45, 2.75) is 45.1 Å². The maximum absolute atomic E-state index is 12.2. The zero-order valence-electron chi connectivity index (χ0n) is 12.9. The fraction of sp³-hybridized carbons (Fsp3) is 0.529. The molecule has 1 heterocycles. The highest BCUT2D eigenvalue weighted by molar-refractivity contribution is 5.96. The quantitative estimate of drug-likeness (QED) is 0.846. The number of likely N-dealkylation sites (tertiary alicyclic amines) is 1. The summed E-state index contributed by atoms with van der Waals surface area (Å²) in [4.78, 5) is 26.0. The summed E-state index contributed by atoms with van der Waals surface area (Å²) < 4.78 is 0. The van der Waals surface area contributed by atoms with Crippen LogP contribution in [-0.2, 0) is 4.79 Å². The number of hydrogen-bond donors (Lipinski definition) is 1. The molecule has 4 nitrogen and oxygen atoms in total. The monoisotopic (exact) mass is 288 g/mol. The molecule has 1 aromatic carbocycles. The van der Waals surface area contributed by atoms with Gasteiger partial charge in [-0.3, -0.25) is 14.5 Å². The largest absolute Gasteiger partial charge is 0.368 e. The molecular weight excluding hydrogens is 264 g/mol. The Morgan fingerprint density at radius 1 is 1.24 bits per heavy atom. The summed E-state index contributed by atoms with van der Waals surface area (Å²) in [6.45, 7) is 5.32. The second-order valence-corrected chi connectivity index (χ2v) is 6.12. The van der Waals surface area contributed by atoms with E-state index in [1.54, 1.807) is 0 Å². The number of primary amides is 1. The summed E-state index contributed by atoms with van der Waals surface area (Å²) in [5.41, 5.74) is 6.83. The topological polar surface area (TPSA) is 63.4 Å². The van der Waals surface area contributed by atoms with Crippen LogP contribution in [0.4, 0.5) is 0 Å². The number of carbonyl (C=O) groups is 2. The van der Waals surface area contributed by atoms with E-state index in [-0.39, 0.29) is 11.7 Å². The van der Waals surface area contributed by atoms with Crippen LogP contribution >= 0.6 is 0 Å². The molecule has 2 N–H and O–H groups in total. The van der Waals surface area contributed by atoms with Crippen LogP contribution in [0.25, 0.3) is 0 Å². The van der Waals surface area contributed by atoms with Gasteiger partial charge in [-0.15, -0.1) is 0 Å². The molecule has 1 unspecified atom stereocenters. The molecule has 1 aliphatic rings. The Hall–Kier alpha value is -1.68. The van der Waals surface area contributed by atoms with Gasteiger partial charge >= 0.3 is 0 Å². The summed E-state index contributed by atoms with van der Waals surface area (Å²) in [6, 6.07) is 7.62. The summed E-state index contributed by atoms with van der Waals surface area (Å²) in [5.74, 6) is -0.169. The molecule has 0 spiro atoms. The minimum absolute atomic E-state index is 0.118. The molecule has 21 heavy (non-hydrogen) atoms. The smallest absolute Gasteiger partial charge is 0.237 e. The predicted molar refractivity (Wildman–Crippen MR) is 83.1 cm³/mol. The lowest BCUT2D eigenvalue weighted by Crippen LogP contribution is -2.58. The van der Waals surface area contributed by atoms with Gasteiger partial charge in [0.25, 0.3) is 0 Å². The van der Waals surface area contributed by atoms with E-state index in [2.05, 4.69) is 4.90 Å².